The molecule has 0 saturated heterocycles. The van der Waals surface area contributed by atoms with Crippen LogP contribution in [0.2, 0.25) is 0 Å². The van der Waals surface area contributed by atoms with Crippen molar-refractivity contribution in [2.24, 2.45) is 5.73 Å². The van der Waals surface area contributed by atoms with Crippen LogP contribution in [0.5, 0.6) is 5.75 Å². The van der Waals surface area contributed by atoms with Crippen LogP contribution in [0.4, 0.5) is 0 Å². The molecule has 2 rings (SSSR count). The Morgan fingerprint density at radius 1 is 1.50 bits per heavy atom. The van der Waals surface area contributed by atoms with Crippen molar-refractivity contribution in [1.29, 1.82) is 0 Å². The number of aromatic hydroxyl groups is 1. The topological polar surface area (TPSA) is 63.5 Å². The van der Waals surface area contributed by atoms with Crippen LogP contribution in [0.15, 0.2) is 22.9 Å². The first kappa shape index (κ1) is 9.48. The standard InChI is InChI=1S/C9H10BrN3O/c10-9-7-2-1-6(14)5-13(7)8(12-9)3-4-11/h1-2,5,14H,3-4,11H2. The number of nitrogens with zero attached hydrogens (tertiary/aromatic N) is 2. The Hall–Kier alpha value is -1.07. The van der Waals surface area contributed by atoms with Gasteiger partial charge in [0, 0.05) is 6.42 Å². The zero-order valence-corrected chi connectivity index (χ0v) is 9.03. The van der Waals surface area contributed by atoms with E-state index in [-0.39, 0.29) is 5.75 Å². The van der Waals surface area contributed by atoms with Gasteiger partial charge in [0.25, 0.3) is 0 Å². The Bertz CT molecular complexity index is 466. The van der Waals surface area contributed by atoms with E-state index in [0.717, 1.165) is 15.9 Å². The van der Waals surface area contributed by atoms with E-state index in [1.54, 1.807) is 12.3 Å². The first-order valence-corrected chi connectivity index (χ1v) is 5.07. The molecule has 3 N–H and O–H groups in total. The normalized spacial score (nSPS) is 11.0. The molecule has 2 aromatic heterocycles. The Balaban J connectivity index is 2.66. The Kier molecular flexibility index (Phi) is 2.43. The van der Waals surface area contributed by atoms with E-state index in [0.29, 0.717) is 13.0 Å². The van der Waals surface area contributed by atoms with Crippen molar-refractivity contribution in [1.82, 2.24) is 9.38 Å². The molecule has 0 aromatic carbocycles. The minimum atomic E-state index is 0.223. The van der Waals surface area contributed by atoms with Gasteiger partial charge in [-0.05, 0) is 34.6 Å². The van der Waals surface area contributed by atoms with Gasteiger partial charge < -0.3 is 10.8 Å². The summed E-state index contributed by atoms with van der Waals surface area (Å²) < 4.78 is 2.62. The fourth-order valence-corrected chi connectivity index (χ4v) is 1.93. The second-order valence-corrected chi connectivity index (χ2v) is 3.75. The minimum absolute atomic E-state index is 0.223. The van der Waals surface area contributed by atoms with Gasteiger partial charge in [0.2, 0.25) is 0 Å². The van der Waals surface area contributed by atoms with Crippen LogP contribution in [0, 0.1) is 0 Å². The highest BCUT2D eigenvalue weighted by Crippen LogP contribution is 2.21. The second-order valence-electron chi connectivity index (χ2n) is 3.00. The van der Waals surface area contributed by atoms with Gasteiger partial charge >= 0.3 is 0 Å². The van der Waals surface area contributed by atoms with Crippen molar-refractivity contribution in [3.8, 4) is 5.75 Å². The lowest BCUT2D eigenvalue weighted by molar-refractivity contribution is 0.471. The third kappa shape index (κ3) is 1.49. The van der Waals surface area contributed by atoms with Gasteiger partial charge in [0.05, 0.1) is 11.7 Å². The second kappa shape index (κ2) is 3.59. The predicted molar refractivity (Wildman–Crippen MR) is 57.3 cm³/mol. The molecule has 5 heteroatoms. The molecule has 0 aliphatic carbocycles. The molecule has 74 valence electrons. The van der Waals surface area contributed by atoms with Crippen LogP contribution in [0.3, 0.4) is 0 Å². The quantitative estimate of drug-likeness (QED) is 0.851. The molecule has 0 unspecified atom stereocenters. The number of fused-ring (bicyclic) bond motifs is 1. The summed E-state index contributed by atoms with van der Waals surface area (Å²) in [5.41, 5.74) is 6.40. The lowest BCUT2D eigenvalue weighted by Crippen LogP contribution is -2.06. The maximum Gasteiger partial charge on any atom is 0.132 e. The molecule has 0 fully saturated rings. The fourth-order valence-electron chi connectivity index (χ4n) is 1.40. The van der Waals surface area contributed by atoms with Gasteiger partial charge in [-0.25, -0.2) is 4.98 Å². The van der Waals surface area contributed by atoms with Crippen molar-refractivity contribution < 1.29 is 5.11 Å². The molecule has 0 atom stereocenters. The number of hydrogen-bond acceptors (Lipinski definition) is 3. The zero-order chi connectivity index (χ0) is 10.1. The molecule has 0 radical (unpaired) electrons. The average Bonchev–Trinajstić information content (AvgIpc) is 2.44. The van der Waals surface area contributed by atoms with Crippen molar-refractivity contribution in [2.45, 2.75) is 6.42 Å². The molecule has 0 spiro atoms. The SMILES string of the molecule is NCCc1nc(Br)c2ccc(O)cn12. The maximum absolute atomic E-state index is 9.34. The van der Waals surface area contributed by atoms with Gasteiger partial charge in [-0.2, -0.15) is 0 Å². The lowest BCUT2D eigenvalue weighted by atomic mass is 10.4. The summed E-state index contributed by atoms with van der Waals surface area (Å²) >= 11 is 3.36. The van der Waals surface area contributed by atoms with Gasteiger partial charge in [0.1, 0.15) is 16.2 Å². The van der Waals surface area contributed by atoms with Crippen molar-refractivity contribution >= 4 is 21.4 Å². The monoisotopic (exact) mass is 255 g/mol. The summed E-state index contributed by atoms with van der Waals surface area (Å²) in [6, 6.07) is 3.44. The minimum Gasteiger partial charge on any atom is -0.506 e. The highest BCUT2D eigenvalue weighted by atomic mass is 79.9. The summed E-state index contributed by atoms with van der Waals surface area (Å²) in [5, 5.41) is 9.34. The third-order valence-electron chi connectivity index (χ3n) is 2.02. The fraction of sp³-hybridized carbons (Fsp3) is 0.222. The molecular weight excluding hydrogens is 246 g/mol. The number of rotatable bonds is 2. The van der Waals surface area contributed by atoms with Crippen LogP contribution in [0.1, 0.15) is 5.82 Å². The molecule has 14 heavy (non-hydrogen) atoms. The first-order chi connectivity index (χ1) is 6.72. The van der Waals surface area contributed by atoms with Gasteiger partial charge in [-0.3, -0.25) is 4.40 Å². The lowest BCUT2D eigenvalue weighted by Gasteiger charge is -1.99. The molecule has 2 heterocycles. The molecule has 0 bridgehead atoms. The van der Waals surface area contributed by atoms with Crippen molar-refractivity contribution in [2.75, 3.05) is 6.54 Å². The summed E-state index contributed by atoms with van der Waals surface area (Å²) in [5.74, 6) is 1.07. The summed E-state index contributed by atoms with van der Waals surface area (Å²) in [7, 11) is 0. The number of nitrogens with two attached hydrogens (primary N) is 1. The number of hydrogen-bond donors (Lipinski definition) is 2. The van der Waals surface area contributed by atoms with Gasteiger partial charge in [-0.1, -0.05) is 0 Å². The van der Waals surface area contributed by atoms with E-state index >= 15 is 0 Å². The van der Waals surface area contributed by atoms with Crippen LogP contribution in [-0.4, -0.2) is 21.0 Å². The molecule has 0 amide bonds. The molecule has 0 aliphatic rings. The van der Waals surface area contributed by atoms with E-state index in [9.17, 15) is 5.11 Å². The molecular formula is C9H10BrN3O. The van der Waals surface area contributed by atoms with E-state index in [1.807, 2.05) is 10.5 Å². The Labute approximate surface area is 89.5 Å². The highest BCUT2D eigenvalue weighted by molar-refractivity contribution is 9.10. The Morgan fingerprint density at radius 3 is 3.00 bits per heavy atom. The smallest absolute Gasteiger partial charge is 0.132 e. The predicted octanol–water partition coefficient (Wildman–Crippen LogP) is 1.30. The highest BCUT2D eigenvalue weighted by Gasteiger charge is 2.08. The third-order valence-corrected chi connectivity index (χ3v) is 2.60. The first-order valence-electron chi connectivity index (χ1n) is 4.28. The number of aromatic nitrogens is 2. The number of pyridine rings is 1. The molecule has 0 aliphatic heterocycles. The zero-order valence-electron chi connectivity index (χ0n) is 7.44. The largest absolute Gasteiger partial charge is 0.506 e. The molecule has 4 nitrogen and oxygen atoms in total. The van der Waals surface area contributed by atoms with E-state index in [1.165, 1.54) is 0 Å². The van der Waals surface area contributed by atoms with E-state index in [2.05, 4.69) is 20.9 Å². The number of imidazole rings is 1. The van der Waals surface area contributed by atoms with Gasteiger partial charge in [-0.15, -0.1) is 0 Å². The summed E-state index contributed by atoms with van der Waals surface area (Å²) in [6.45, 7) is 0.543. The van der Waals surface area contributed by atoms with Gasteiger partial charge in [0.15, 0.2) is 0 Å². The summed E-state index contributed by atoms with van der Waals surface area (Å²) in [4.78, 5) is 4.31. The molecule has 2 aromatic rings. The Morgan fingerprint density at radius 2 is 2.29 bits per heavy atom. The van der Waals surface area contributed by atoms with Crippen LogP contribution >= 0.6 is 15.9 Å². The molecule has 0 saturated carbocycles. The van der Waals surface area contributed by atoms with Crippen LogP contribution in [0.25, 0.3) is 5.52 Å². The van der Waals surface area contributed by atoms with E-state index in [4.69, 9.17) is 5.73 Å². The van der Waals surface area contributed by atoms with Crippen molar-refractivity contribution in [3.63, 3.8) is 0 Å². The van der Waals surface area contributed by atoms with Crippen LogP contribution in [-0.2, 0) is 6.42 Å². The number of halogens is 1. The van der Waals surface area contributed by atoms with E-state index < -0.39 is 0 Å². The van der Waals surface area contributed by atoms with Crippen molar-refractivity contribution in [3.05, 3.63) is 28.8 Å². The average molecular weight is 256 g/mol. The summed E-state index contributed by atoms with van der Waals surface area (Å²) in [6.07, 6.45) is 2.33. The van der Waals surface area contributed by atoms with Crippen LogP contribution < -0.4 is 5.73 Å². The maximum atomic E-state index is 9.34.